The molecule has 24 heteroatoms. The van der Waals surface area contributed by atoms with Crippen LogP contribution in [0.15, 0.2) is 24.3 Å². The quantitative estimate of drug-likeness (QED) is 0.0121. The average Bonchev–Trinajstić information content (AvgIpc) is 3.45. The van der Waals surface area contributed by atoms with E-state index in [1.807, 2.05) is 6.08 Å². The lowest BCUT2D eigenvalue weighted by Crippen LogP contribution is -2.69. The Morgan fingerprint density at radius 1 is 0.482 bits per heavy atom. The SMILES string of the molecule is CCCCCCCCCCCCC/C=C/C=C/C(=O)OCC(COP(=O)(O)OC1C(OC2OC(CO)C(O)C(O)C2O)C(O)C(O)C(O)C1OC1OC(CO)C(O)C(O)C1O)OC(=O)CCCCCCCCCCCCCCCCCCC. The Morgan fingerprint density at radius 2 is 0.867 bits per heavy atom. The third-order valence-electron chi connectivity index (χ3n) is 15.6. The molecule has 12 N–H and O–H groups in total. The van der Waals surface area contributed by atoms with Gasteiger partial charge < -0.3 is 89.5 Å². The van der Waals surface area contributed by atoms with E-state index in [0.29, 0.717) is 6.42 Å². The fourth-order valence-electron chi connectivity index (χ4n) is 10.4. The van der Waals surface area contributed by atoms with Gasteiger partial charge in [-0.05, 0) is 19.3 Å². The van der Waals surface area contributed by atoms with Crippen molar-refractivity contribution in [3.05, 3.63) is 24.3 Å². The summed E-state index contributed by atoms with van der Waals surface area (Å²) >= 11 is 0. The Bertz CT molecular complexity index is 1740. The van der Waals surface area contributed by atoms with E-state index >= 15 is 0 Å². The van der Waals surface area contributed by atoms with Gasteiger partial charge in [0.05, 0.1) is 19.8 Å². The van der Waals surface area contributed by atoms with Gasteiger partial charge in [-0.25, -0.2) is 9.36 Å². The second-order valence-corrected chi connectivity index (χ2v) is 24.1. The predicted molar refractivity (Wildman–Crippen MR) is 305 cm³/mol. The zero-order valence-electron chi connectivity index (χ0n) is 49.5. The van der Waals surface area contributed by atoms with E-state index in [0.717, 1.165) is 63.9 Å². The molecule has 486 valence electrons. The lowest BCUT2D eigenvalue weighted by Gasteiger charge is -2.49. The van der Waals surface area contributed by atoms with Crippen molar-refractivity contribution < 1.29 is 113 Å². The second kappa shape index (κ2) is 43.6. The number of hydrogen-bond acceptors (Lipinski definition) is 22. The minimum atomic E-state index is -5.66. The smallest absolute Gasteiger partial charge is 0.458 e. The second-order valence-electron chi connectivity index (χ2n) is 22.7. The van der Waals surface area contributed by atoms with Crippen LogP contribution in [0, 0.1) is 0 Å². The fourth-order valence-corrected chi connectivity index (χ4v) is 11.4. The van der Waals surface area contributed by atoms with Crippen molar-refractivity contribution in [2.45, 2.75) is 311 Å². The summed E-state index contributed by atoms with van der Waals surface area (Å²) in [6.07, 6.45) is 4.97. The molecule has 0 spiro atoms. The highest BCUT2D eigenvalue weighted by Gasteiger charge is 2.58. The molecule has 0 aromatic heterocycles. The van der Waals surface area contributed by atoms with E-state index in [-0.39, 0.29) is 6.42 Å². The topological polar surface area (TPSA) is 368 Å². The van der Waals surface area contributed by atoms with Crippen molar-refractivity contribution in [2.24, 2.45) is 0 Å². The summed E-state index contributed by atoms with van der Waals surface area (Å²) in [6.45, 7) is 0.921. The molecule has 0 aromatic carbocycles. The first-order valence-electron chi connectivity index (χ1n) is 31.2. The number of phosphoric acid groups is 1. The molecule has 2 saturated heterocycles. The molecule has 3 fully saturated rings. The fraction of sp³-hybridized carbons (Fsp3) is 0.898. The Hall–Kier alpha value is -2.07. The van der Waals surface area contributed by atoms with Crippen LogP contribution in [-0.4, -0.2) is 204 Å². The third kappa shape index (κ3) is 28.8. The minimum Gasteiger partial charge on any atom is -0.458 e. The monoisotopic (exact) mass is 1210 g/mol. The molecule has 3 aliphatic rings. The van der Waals surface area contributed by atoms with Gasteiger partial charge >= 0.3 is 19.8 Å². The Morgan fingerprint density at radius 3 is 1.28 bits per heavy atom. The zero-order chi connectivity index (χ0) is 61.0. The Kier molecular flexibility index (Phi) is 39.4. The molecule has 1 saturated carbocycles. The van der Waals surface area contributed by atoms with Crippen LogP contribution in [0.4, 0.5) is 0 Å². The highest BCUT2D eigenvalue weighted by Crippen LogP contribution is 2.49. The summed E-state index contributed by atoms with van der Waals surface area (Å²) in [5.74, 6) is -1.58. The van der Waals surface area contributed by atoms with Gasteiger partial charge in [0.2, 0.25) is 0 Å². The molecule has 0 radical (unpaired) electrons. The van der Waals surface area contributed by atoms with Crippen LogP contribution < -0.4 is 0 Å². The van der Waals surface area contributed by atoms with Gasteiger partial charge in [-0.3, -0.25) is 13.8 Å². The number of esters is 2. The van der Waals surface area contributed by atoms with Crippen molar-refractivity contribution >= 4 is 19.8 Å². The Balaban J connectivity index is 1.69. The van der Waals surface area contributed by atoms with E-state index in [4.69, 9.17) is 37.5 Å². The lowest BCUT2D eigenvalue weighted by molar-refractivity contribution is -0.360. The number of unbranched alkanes of at least 4 members (excludes halogenated alkanes) is 27. The summed E-state index contributed by atoms with van der Waals surface area (Å²) in [6, 6.07) is 0. The first-order valence-corrected chi connectivity index (χ1v) is 32.7. The van der Waals surface area contributed by atoms with Crippen molar-refractivity contribution in [1.29, 1.82) is 0 Å². The summed E-state index contributed by atoms with van der Waals surface area (Å²) in [5, 5.41) is 117. The summed E-state index contributed by atoms with van der Waals surface area (Å²) in [5.41, 5.74) is 0. The molecule has 1 aliphatic carbocycles. The van der Waals surface area contributed by atoms with Gasteiger partial charge in [0, 0.05) is 12.5 Å². The maximum atomic E-state index is 14.0. The van der Waals surface area contributed by atoms with Crippen LogP contribution in [0.5, 0.6) is 0 Å². The van der Waals surface area contributed by atoms with Crippen LogP contribution >= 0.6 is 7.82 Å². The molecule has 83 heavy (non-hydrogen) atoms. The van der Waals surface area contributed by atoms with Crippen molar-refractivity contribution in [3.63, 3.8) is 0 Å². The molecular formula is C59H107O23P. The van der Waals surface area contributed by atoms with Gasteiger partial charge in [-0.2, -0.15) is 0 Å². The zero-order valence-corrected chi connectivity index (χ0v) is 50.4. The molecule has 2 aliphatic heterocycles. The maximum Gasteiger partial charge on any atom is 0.472 e. The van der Waals surface area contributed by atoms with Crippen LogP contribution in [0.1, 0.15) is 206 Å². The molecule has 16 unspecified atom stereocenters. The number of rotatable bonds is 46. The number of hydrogen-bond donors (Lipinski definition) is 12. The number of aliphatic hydroxyl groups is 11. The third-order valence-corrected chi connectivity index (χ3v) is 16.6. The number of aliphatic hydroxyl groups excluding tert-OH is 11. The number of phosphoric ester groups is 1. The van der Waals surface area contributed by atoms with Crippen molar-refractivity contribution in [3.8, 4) is 0 Å². The normalized spacial score (nSPS) is 30.7. The van der Waals surface area contributed by atoms with E-state index < -0.39 is 150 Å². The number of allylic oxidation sites excluding steroid dienone is 3. The van der Waals surface area contributed by atoms with Gasteiger partial charge in [0.1, 0.15) is 92.1 Å². The van der Waals surface area contributed by atoms with Crippen LogP contribution in [0.3, 0.4) is 0 Å². The predicted octanol–water partition coefficient (Wildman–Crippen LogP) is 5.27. The van der Waals surface area contributed by atoms with E-state index in [1.54, 1.807) is 6.08 Å². The molecule has 0 aromatic rings. The van der Waals surface area contributed by atoms with E-state index in [1.165, 1.54) is 128 Å². The first kappa shape index (κ1) is 75.2. The molecule has 23 nitrogen and oxygen atoms in total. The molecule has 0 bridgehead atoms. The van der Waals surface area contributed by atoms with Gasteiger partial charge in [0.15, 0.2) is 18.7 Å². The molecule has 3 rings (SSSR count). The van der Waals surface area contributed by atoms with Gasteiger partial charge in [0.25, 0.3) is 0 Å². The maximum absolute atomic E-state index is 14.0. The van der Waals surface area contributed by atoms with Crippen molar-refractivity contribution in [2.75, 3.05) is 26.4 Å². The number of carbonyl (C=O) groups is 2. The average molecular weight is 1220 g/mol. The standard InChI is InChI=1S/C59H107O23P/c1-3-5-7-9-11-13-15-17-19-20-22-24-26-28-30-32-34-36-45(63)77-41(39-75-44(62)35-33-31-29-27-25-23-21-18-16-14-12-10-8-6-4-2)40-76-83(73,74)82-57-55(80-58-53(71)48(66)46(64)42(37-60)78-58)51(69)50(68)52(70)56(57)81-59-54(72)49(67)47(65)43(38-61)79-59/h29,31,33,35,41-43,46-61,64-72H,3-28,30,32,34,36-40H2,1-2H3,(H,73,74)/b31-29+,35-33+. The minimum absolute atomic E-state index is 0.0473. The Labute approximate surface area is 492 Å². The van der Waals surface area contributed by atoms with Gasteiger partial charge in [-0.1, -0.05) is 199 Å². The number of ether oxygens (including phenoxy) is 6. The molecule has 2 heterocycles. The molecule has 0 amide bonds. The van der Waals surface area contributed by atoms with E-state index in [9.17, 15) is 75.2 Å². The van der Waals surface area contributed by atoms with Crippen LogP contribution in [0.2, 0.25) is 0 Å². The molecule has 16 atom stereocenters. The number of carbonyl (C=O) groups excluding carboxylic acids is 2. The van der Waals surface area contributed by atoms with Gasteiger partial charge in [-0.15, -0.1) is 0 Å². The molecular weight excluding hydrogens is 1110 g/mol. The largest absolute Gasteiger partial charge is 0.472 e. The van der Waals surface area contributed by atoms with Crippen LogP contribution in [0.25, 0.3) is 0 Å². The highest BCUT2D eigenvalue weighted by molar-refractivity contribution is 7.47. The lowest BCUT2D eigenvalue weighted by atomic mass is 9.84. The summed E-state index contributed by atoms with van der Waals surface area (Å²) in [4.78, 5) is 37.5. The highest BCUT2D eigenvalue weighted by atomic mass is 31.2. The van der Waals surface area contributed by atoms with Crippen molar-refractivity contribution in [1.82, 2.24) is 0 Å². The summed E-state index contributed by atoms with van der Waals surface area (Å²) < 4.78 is 58.0. The van der Waals surface area contributed by atoms with E-state index in [2.05, 4.69) is 13.8 Å². The summed E-state index contributed by atoms with van der Waals surface area (Å²) in [7, 11) is -5.66. The first-order chi connectivity index (χ1) is 39.9. The van der Waals surface area contributed by atoms with Crippen LogP contribution in [-0.2, 0) is 51.6 Å².